The van der Waals surface area contributed by atoms with Crippen LogP contribution in [0.2, 0.25) is 0 Å². The van der Waals surface area contributed by atoms with Crippen molar-refractivity contribution >= 4 is 16.8 Å². The molecule has 0 radical (unpaired) electrons. The van der Waals surface area contributed by atoms with Crippen LogP contribution in [0.15, 0.2) is 29.2 Å². The highest BCUT2D eigenvalue weighted by molar-refractivity contribution is 5.97. The van der Waals surface area contributed by atoms with Crippen molar-refractivity contribution in [3.63, 3.8) is 0 Å². The number of benzene rings is 1. The predicted molar refractivity (Wildman–Crippen MR) is 103 cm³/mol. The number of carbonyl (C=O) groups is 1. The van der Waals surface area contributed by atoms with E-state index < -0.39 is 0 Å². The average molecular weight is 357 g/mol. The van der Waals surface area contributed by atoms with Crippen LogP contribution in [0.1, 0.15) is 29.3 Å². The van der Waals surface area contributed by atoms with Crippen LogP contribution in [0.25, 0.3) is 10.9 Å². The topological polar surface area (TPSA) is 63.6 Å². The zero-order valence-electron chi connectivity index (χ0n) is 15.6. The second-order valence-electron chi connectivity index (χ2n) is 6.74. The molecule has 3 rings (SSSR count). The van der Waals surface area contributed by atoms with Gasteiger partial charge in [0.15, 0.2) is 0 Å². The molecule has 1 aliphatic heterocycles. The molecule has 6 heteroatoms. The minimum Gasteiger partial charge on any atom is -0.379 e. The van der Waals surface area contributed by atoms with Crippen LogP contribution in [0.5, 0.6) is 0 Å². The van der Waals surface area contributed by atoms with Gasteiger partial charge < -0.3 is 14.6 Å². The average Bonchev–Trinajstić information content (AvgIpc) is 2.66. The lowest BCUT2D eigenvalue weighted by Gasteiger charge is -2.26. The number of ether oxygens (including phenoxy) is 1. The Morgan fingerprint density at radius 1 is 1.27 bits per heavy atom. The Hall–Kier alpha value is -2.18. The minimum absolute atomic E-state index is 0.195. The van der Waals surface area contributed by atoms with Crippen LogP contribution >= 0.6 is 0 Å². The highest BCUT2D eigenvalue weighted by Gasteiger charge is 2.15. The first kappa shape index (κ1) is 18.6. The van der Waals surface area contributed by atoms with E-state index in [0.717, 1.165) is 50.3 Å². The molecule has 1 saturated heterocycles. The Bertz CT molecular complexity index is 838. The van der Waals surface area contributed by atoms with Gasteiger partial charge in [-0.05, 0) is 38.9 Å². The molecule has 0 atom stereocenters. The molecule has 1 fully saturated rings. The zero-order chi connectivity index (χ0) is 18.5. The molecular formula is C20H27N3O3. The van der Waals surface area contributed by atoms with Crippen molar-refractivity contribution in [1.82, 2.24) is 14.8 Å². The van der Waals surface area contributed by atoms with Gasteiger partial charge in [0.2, 0.25) is 5.43 Å². The Morgan fingerprint density at radius 2 is 2.04 bits per heavy atom. The molecule has 26 heavy (non-hydrogen) atoms. The monoisotopic (exact) mass is 357 g/mol. The van der Waals surface area contributed by atoms with Crippen LogP contribution in [0, 0.1) is 6.92 Å². The second kappa shape index (κ2) is 8.47. The van der Waals surface area contributed by atoms with E-state index in [-0.39, 0.29) is 16.9 Å². The molecule has 0 unspecified atom stereocenters. The molecule has 0 bridgehead atoms. The molecule has 0 aliphatic carbocycles. The molecule has 140 valence electrons. The summed E-state index contributed by atoms with van der Waals surface area (Å²) in [6.07, 6.45) is 2.54. The van der Waals surface area contributed by atoms with Gasteiger partial charge in [-0.3, -0.25) is 14.5 Å². The van der Waals surface area contributed by atoms with E-state index in [9.17, 15) is 9.59 Å². The summed E-state index contributed by atoms with van der Waals surface area (Å²) in [5.74, 6) is -0.289. The molecule has 6 nitrogen and oxygen atoms in total. The van der Waals surface area contributed by atoms with Gasteiger partial charge >= 0.3 is 0 Å². The van der Waals surface area contributed by atoms with Crippen LogP contribution in [0.3, 0.4) is 0 Å². The van der Waals surface area contributed by atoms with Crippen molar-refractivity contribution in [2.45, 2.75) is 26.8 Å². The highest BCUT2D eigenvalue weighted by Crippen LogP contribution is 2.14. The van der Waals surface area contributed by atoms with Crippen molar-refractivity contribution in [2.75, 3.05) is 39.4 Å². The molecule has 1 amide bonds. The lowest BCUT2D eigenvalue weighted by Crippen LogP contribution is -2.38. The molecule has 0 spiro atoms. The standard InChI is InChI=1S/C20H27N3O3/c1-3-23-14-17(19(24)16-13-15(2)5-6-18(16)23)20(25)21-7-4-8-22-9-11-26-12-10-22/h5-6,13-14H,3-4,7-12H2,1-2H3,(H,21,25). The van der Waals surface area contributed by atoms with Crippen molar-refractivity contribution < 1.29 is 9.53 Å². The maximum absolute atomic E-state index is 12.8. The van der Waals surface area contributed by atoms with E-state index >= 15 is 0 Å². The number of fused-ring (bicyclic) bond motifs is 1. The van der Waals surface area contributed by atoms with Gasteiger partial charge in [-0.2, -0.15) is 0 Å². The van der Waals surface area contributed by atoms with Gasteiger partial charge in [-0.25, -0.2) is 0 Å². The maximum Gasteiger partial charge on any atom is 0.256 e. The molecule has 1 aromatic carbocycles. The fourth-order valence-corrected chi connectivity index (χ4v) is 3.36. The summed E-state index contributed by atoms with van der Waals surface area (Å²) in [7, 11) is 0. The normalized spacial score (nSPS) is 15.3. The number of rotatable bonds is 6. The van der Waals surface area contributed by atoms with Gasteiger partial charge in [0.25, 0.3) is 5.91 Å². The van der Waals surface area contributed by atoms with Crippen LogP contribution in [-0.2, 0) is 11.3 Å². The molecule has 1 N–H and O–H groups in total. The number of carbonyl (C=O) groups excluding carboxylic acids is 1. The van der Waals surface area contributed by atoms with E-state index in [1.54, 1.807) is 6.20 Å². The van der Waals surface area contributed by atoms with Crippen molar-refractivity contribution in [1.29, 1.82) is 0 Å². The molecular weight excluding hydrogens is 330 g/mol. The Balaban J connectivity index is 1.69. The lowest BCUT2D eigenvalue weighted by atomic mass is 10.1. The van der Waals surface area contributed by atoms with Gasteiger partial charge in [0, 0.05) is 37.8 Å². The van der Waals surface area contributed by atoms with Crippen LogP contribution < -0.4 is 10.7 Å². The molecule has 1 aliphatic rings. The number of amides is 1. The first-order valence-corrected chi connectivity index (χ1v) is 9.32. The second-order valence-corrected chi connectivity index (χ2v) is 6.74. The largest absolute Gasteiger partial charge is 0.379 e. The molecule has 2 aromatic rings. The molecule has 2 heterocycles. The number of aromatic nitrogens is 1. The Labute approximate surface area is 153 Å². The summed E-state index contributed by atoms with van der Waals surface area (Å²) in [5.41, 5.74) is 1.91. The maximum atomic E-state index is 12.8. The number of aryl methyl sites for hydroxylation is 2. The quantitative estimate of drug-likeness (QED) is 0.801. The SMILES string of the molecule is CCn1cc(C(=O)NCCCN2CCOCC2)c(=O)c2cc(C)ccc21. The number of hydrogen-bond donors (Lipinski definition) is 1. The summed E-state index contributed by atoms with van der Waals surface area (Å²) in [4.78, 5) is 27.7. The fourth-order valence-electron chi connectivity index (χ4n) is 3.36. The third kappa shape index (κ3) is 4.14. The minimum atomic E-state index is -0.289. The van der Waals surface area contributed by atoms with Crippen molar-refractivity contribution in [3.05, 3.63) is 45.7 Å². The van der Waals surface area contributed by atoms with Gasteiger partial charge in [-0.15, -0.1) is 0 Å². The van der Waals surface area contributed by atoms with Crippen molar-refractivity contribution in [2.24, 2.45) is 0 Å². The summed E-state index contributed by atoms with van der Waals surface area (Å²) in [6, 6.07) is 5.79. The number of hydrogen-bond acceptors (Lipinski definition) is 4. The number of morpholine rings is 1. The number of pyridine rings is 1. The Morgan fingerprint density at radius 3 is 2.77 bits per heavy atom. The summed E-state index contributed by atoms with van der Waals surface area (Å²) in [5, 5.41) is 3.50. The first-order valence-electron chi connectivity index (χ1n) is 9.32. The van der Waals surface area contributed by atoms with E-state index in [2.05, 4.69) is 10.2 Å². The van der Waals surface area contributed by atoms with Gasteiger partial charge in [0.1, 0.15) is 5.56 Å². The van der Waals surface area contributed by atoms with E-state index in [1.807, 2.05) is 36.6 Å². The smallest absolute Gasteiger partial charge is 0.256 e. The first-order chi connectivity index (χ1) is 12.6. The number of nitrogens with zero attached hydrogens (tertiary/aromatic N) is 2. The summed E-state index contributed by atoms with van der Waals surface area (Å²) >= 11 is 0. The fraction of sp³-hybridized carbons (Fsp3) is 0.500. The third-order valence-corrected chi connectivity index (χ3v) is 4.86. The van der Waals surface area contributed by atoms with E-state index in [0.29, 0.717) is 18.5 Å². The predicted octanol–water partition coefficient (Wildman–Crippen LogP) is 1.78. The van der Waals surface area contributed by atoms with Gasteiger partial charge in [0.05, 0.1) is 18.7 Å². The molecule has 1 aromatic heterocycles. The van der Waals surface area contributed by atoms with Crippen molar-refractivity contribution in [3.8, 4) is 0 Å². The summed E-state index contributed by atoms with van der Waals surface area (Å²) < 4.78 is 7.29. The van der Waals surface area contributed by atoms with Crippen LogP contribution in [-0.4, -0.2) is 54.8 Å². The van der Waals surface area contributed by atoms with E-state index in [4.69, 9.17) is 4.74 Å². The number of nitrogens with one attached hydrogen (secondary N) is 1. The Kier molecular flexibility index (Phi) is 6.06. The van der Waals surface area contributed by atoms with E-state index in [1.165, 1.54) is 0 Å². The molecule has 0 saturated carbocycles. The lowest BCUT2D eigenvalue weighted by molar-refractivity contribution is 0.0374. The van der Waals surface area contributed by atoms with Crippen LogP contribution in [0.4, 0.5) is 0 Å². The zero-order valence-corrected chi connectivity index (χ0v) is 15.6. The highest BCUT2D eigenvalue weighted by atomic mass is 16.5. The third-order valence-electron chi connectivity index (χ3n) is 4.86. The summed E-state index contributed by atoms with van der Waals surface area (Å²) in [6.45, 7) is 9.60. The van der Waals surface area contributed by atoms with Gasteiger partial charge in [-0.1, -0.05) is 11.6 Å².